The van der Waals surface area contributed by atoms with Gasteiger partial charge in [-0.1, -0.05) is 69.4 Å². The van der Waals surface area contributed by atoms with Gasteiger partial charge in [0.1, 0.15) is 5.82 Å². The van der Waals surface area contributed by atoms with Gasteiger partial charge in [-0.3, -0.25) is 0 Å². The number of aryl methyl sites for hydroxylation is 1. The van der Waals surface area contributed by atoms with E-state index in [2.05, 4.69) is 22.2 Å². The van der Waals surface area contributed by atoms with Crippen LogP contribution in [0.5, 0.6) is 0 Å². The zero-order chi connectivity index (χ0) is 15.6. The van der Waals surface area contributed by atoms with Gasteiger partial charge in [-0.05, 0) is 13.3 Å². The van der Waals surface area contributed by atoms with Gasteiger partial charge >= 0.3 is 0 Å². The summed E-state index contributed by atoms with van der Waals surface area (Å²) in [6.07, 6.45) is 7.87. The summed E-state index contributed by atoms with van der Waals surface area (Å²) in [5, 5.41) is 3.44. The van der Waals surface area contributed by atoms with E-state index in [-0.39, 0.29) is 0 Å². The highest BCUT2D eigenvalue weighted by atomic mass is 15.0. The number of hydrogen-bond donors (Lipinski definition) is 1. The van der Waals surface area contributed by atoms with E-state index in [0.717, 1.165) is 29.4 Å². The molecule has 0 radical (unpaired) electrons. The lowest BCUT2D eigenvalue weighted by atomic mass is 10.1. The molecule has 0 aliphatic carbocycles. The maximum absolute atomic E-state index is 4.63. The van der Waals surface area contributed by atoms with Gasteiger partial charge in [0.2, 0.25) is 0 Å². The second kappa shape index (κ2) is 9.19. The third-order valence-electron chi connectivity index (χ3n) is 3.72. The maximum Gasteiger partial charge on any atom is 0.161 e. The second-order valence-corrected chi connectivity index (χ2v) is 5.78. The van der Waals surface area contributed by atoms with Crippen molar-refractivity contribution in [1.29, 1.82) is 0 Å². The van der Waals surface area contributed by atoms with Crippen molar-refractivity contribution in [3.63, 3.8) is 0 Å². The third-order valence-corrected chi connectivity index (χ3v) is 3.72. The van der Waals surface area contributed by atoms with Crippen LogP contribution in [-0.4, -0.2) is 16.5 Å². The lowest BCUT2D eigenvalue weighted by Gasteiger charge is -2.08. The Balaban J connectivity index is 1.85. The fourth-order valence-corrected chi connectivity index (χ4v) is 2.50. The molecule has 0 spiro atoms. The first-order chi connectivity index (χ1) is 10.8. The number of aromatic nitrogens is 2. The minimum absolute atomic E-state index is 0.797. The Bertz CT molecular complexity index is 552. The molecule has 1 heterocycles. The molecule has 0 aliphatic rings. The van der Waals surface area contributed by atoms with Gasteiger partial charge in [-0.25, -0.2) is 9.97 Å². The first-order valence-electron chi connectivity index (χ1n) is 8.44. The molecular weight excluding hydrogens is 270 g/mol. The van der Waals surface area contributed by atoms with E-state index in [0.29, 0.717) is 0 Å². The third kappa shape index (κ3) is 5.47. The summed E-state index contributed by atoms with van der Waals surface area (Å²) in [5.41, 5.74) is 2.06. The summed E-state index contributed by atoms with van der Waals surface area (Å²) in [4.78, 5) is 9.16. The molecule has 2 aromatic rings. The first kappa shape index (κ1) is 16.5. The van der Waals surface area contributed by atoms with Crippen molar-refractivity contribution in [2.24, 2.45) is 0 Å². The highest BCUT2D eigenvalue weighted by molar-refractivity contribution is 5.57. The zero-order valence-electron chi connectivity index (χ0n) is 13.8. The molecule has 1 aromatic heterocycles. The highest BCUT2D eigenvalue weighted by Gasteiger charge is 2.04. The van der Waals surface area contributed by atoms with Crippen LogP contribution in [0.1, 0.15) is 51.1 Å². The Morgan fingerprint density at radius 1 is 0.909 bits per heavy atom. The van der Waals surface area contributed by atoms with Crippen molar-refractivity contribution in [2.75, 3.05) is 11.9 Å². The molecular formula is C19H27N3. The van der Waals surface area contributed by atoms with Crippen LogP contribution >= 0.6 is 0 Å². The number of hydrogen-bond acceptors (Lipinski definition) is 3. The van der Waals surface area contributed by atoms with E-state index in [9.17, 15) is 0 Å². The molecule has 0 unspecified atom stereocenters. The van der Waals surface area contributed by atoms with Crippen LogP contribution in [-0.2, 0) is 0 Å². The molecule has 0 aliphatic heterocycles. The molecule has 1 N–H and O–H groups in total. The Hall–Kier alpha value is -1.90. The summed E-state index contributed by atoms with van der Waals surface area (Å²) < 4.78 is 0. The van der Waals surface area contributed by atoms with Crippen molar-refractivity contribution in [2.45, 2.75) is 52.4 Å². The highest BCUT2D eigenvalue weighted by Crippen LogP contribution is 2.17. The Kier molecular flexibility index (Phi) is 6.88. The molecule has 3 heteroatoms. The average molecular weight is 297 g/mol. The quantitative estimate of drug-likeness (QED) is 0.644. The minimum atomic E-state index is 0.797. The van der Waals surface area contributed by atoms with Gasteiger partial charge in [-0.2, -0.15) is 0 Å². The molecule has 118 valence electrons. The topological polar surface area (TPSA) is 37.8 Å². The van der Waals surface area contributed by atoms with Gasteiger partial charge in [0.15, 0.2) is 5.82 Å². The lowest BCUT2D eigenvalue weighted by molar-refractivity contribution is 0.617. The maximum atomic E-state index is 4.63. The van der Waals surface area contributed by atoms with E-state index < -0.39 is 0 Å². The van der Waals surface area contributed by atoms with Crippen molar-refractivity contribution in [3.8, 4) is 11.4 Å². The van der Waals surface area contributed by atoms with Gasteiger partial charge in [0.25, 0.3) is 0 Å². The van der Waals surface area contributed by atoms with Crippen LogP contribution in [0.15, 0.2) is 36.4 Å². The van der Waals surface area contributed by atoms with Gasteiger partial charge < -0.3 is 5.32 Å². The van der Waals surface area contributed by atoms with E-state index in [1.807, 2.05) is 43.3 Å². The minimum Gasteiger partial charge on any atom is -0.370 e. The summed E-state index contributed by atoms with van der Waals surface area (Å²) in [7, 11) is 0. The lowest BCUT2D eigenvalue weighted by Crippen LogP contribution is -2.05. The largest absolute Gasteiger partial charge is 0.370 e. The standard InChI is InChI=1S/C19H27N3/c1-3-4-5-6-7-11-14-20-18-15-16(2)21-19(22-18)17-12-9-8-10-13-17/h8-10,12-13,15H,3-7,11,14H2,1-2H3,(H,20,21,22). The predicted octanol–water partition coefficient (Wildman–Crippen LogP) is 5.22. The van der Waals surface area contributed by atoms with E-state index in [1.165, 1.54) is 38.5 Å². The van der Waals surface area contributed by atoms with Crippen molar-refractivity contribution < 1.29 is 0 Å². The molecule has 22 heavy (non-hydrogen) atoms. The second-order valence-electron chi connectivity index (χ2n) is 5.78. The van der Waals surface area contributed by atoms with E-state index in [1.54, 1.807) is 0 Å². The molecule has 3 nitrogen and oxygen atoms in total. The molecule has 0 amide bonds. The number of unbranched alkanes of at least 4 members (excludes halogenated alkanes) is 5. The molecule has 0 saturated carbocycles. The number of rotatable bonds is 9. The van der Waals surface area contributed by atoms with Crippen LogP contribution < -0.4 is 5.32 Å². The van der Waals surface area contributed by atoms with Crippen LogP contribution in [0.2, 0.25) is 0 Å². The van der Waals surface area contributed by atoms with Gasteiger partial charge in [0, 0.05) is 23.9 Å². The van der Waals surface area contributed by atoms with E-state index >= 15 is 0 Å². The average Bonchev–Trinajstić information content (AvgIpc) is 2.54. The van der Waals surface area contributed by atoms with Crippen molar-refractivity contribution in [3.05, 3.63) is 42.1 Å². The Morgan fingerprint density at radius 2 is 1.64 bits per heavy atom. The van der Waals surface area contributed by atoms with Gasteiger partial charge in [0.05, 0.1) is 0 Å². The van der Waals surface area contributed by atoms with Gasteiger partial charge in [-0.15, -0.1) is 0 Å². The number of nitrogens with zero attached hydrogens (tertiary/aromatic N) is 2. The van der Waals surface area contributed by atoms with Crippen LogP contribution in [0.4, 0.5) is 5.82 Å². The van der Waals surface area contributed by atoms with Crippen LogP contribution in [0, 0.1) is 6.92 Å². The first-order valence-corrected chi connectivity index (χ1v) is 8.44. The molecule has 0 bridgehead atoms. The Morgan fingerprint density at radius 3 is 2.41 bits per heavy atom. The van der Waals surface area contributed by atoms with Crippen LogP contribution in [0.25, 0.3) is 11.4 Å². The van der Waals surface area contributed by atoms with E-state index in [4.69, 9.17) is 0 Å². The monoisotopic (exact) mass is 297 g/mol. The predicted molar refractivity (Wildman–Crippen MR) is 94.1 cm³/mol. The van der Waals surface area contributed by atoms with Crippen molar-refractivity contribution >= 4 is 5.82 Å². The number of nitrogens with one attached hydrogen (secondary N) is 1. The summed E-state index contributed by atoms with van der Waals surface area (Å²) >= 11 is 0. The number of anilines is 1. The molecule has 0 atom stereocenters. The molecule has 0 fully saturated rings. The summed E-state index contributed by atoms with van der Waals surface area (Å²) in [6, 6.07) is 12.2. The zero-order valence-corrected chi connectivity index (χ0v) is 13.8. The van der Waals surface area contributed by atoms with Crippen LogP contribution in [0.3, 0.4) is 0 Å². The molecule has 2 rings (SSSR count). The smallest absolute Gasteiger partial charge is 0.161 e. The fourth-order valence-electron chi connectivity index (χ4n) is 2.50. The molecule has 0 saturated heterocycles. The Labute approximate surface area is 134 Å². The fraction of sp³-hybridized carbons (Fsp3) is 0.474. The normalized spacial score (nSPS) is 10.6. The summed E-state index contributed by atoms with van der Waals surface area (Å²) in [5.74, 6) is 1.73. The summed E-state index contributed by atoms with van der Waals surface area (Å²) in [6.45, 7) is 5.25. The van der Waals surface area contributed by atoms with Crippen molar-refractivity contribution in [1.82, 2.24) is 9.97 Å². The molecule has 1 aromatic carbocycles. The number of benzene rings is 1. The SMILES string of the molecule is CCCCCCCCNc1cc(C)nc(-c2ccccc2)n1.